The molecule has 0 aliphatic carbocycles. The monoisotopic (exact) mass is 309 g/mol. The number of hydrogen-bond donors (Lipinski definition) is 0. The lowest BCUT2D eigenvalue weighted by Gasteiger charge is -2.48. The number of halogens is 1. The van der Waals surface area contributed by atoms with Crippen LogP contribution in [0.25, 0.3) is 0 Å². The molecule has 0 radical (unpaired) electrons. The van der Waals surface area contributed by atoms with Crippen molar-refractivity contribution < 1.29 is 9.53 Å². The van der Waals surface area contributed by atoms with E-state index in [0.29, 0.717) is 22.3 Å². The molecular weight excluding hydrogens is 286 g/mol. The Morgan fingerprint density at radius 2 is 1.95 bits per heavy atom. The molecule has 21 heavy (non-hydrogen) atoms. The molecule has 1 heterocycles. The molecular formula is C17H24ClNO2. The highest BCUT2D eigenvalue weighted by Crippen LogP contribution is 2.42. The molecule has 0 N–H and O–H groups in total. The lowest BCUT2D eigenvalue weighted by molar-refractivity contribution is 0.0459. The predicted molar refractivity (Wildman–Crippen MR) is 86.8 cm³/mol. The molecule has 0 spiro atoms. The molecule has 0 bridgehead atoms. The van der Waals surface area contributed by atoms with Crippen LogP contribution in [0.5, 0.6) is 5.75 Å². The van der Waals surface area contributed by atoms with Gasteiger partial charge in [0.2, 0.25) is 0 Å². The summed E-state index contributed by atoms with van der Waals surface area (Å²) in [5, 5.41) is 0.644. The normalized spacial score (nSPS) is 16.7. The van der Waals surface area contributed by atoms with E-state index in [4.69, 9.17) is 16.3 Å². The van der Waals surface area contributed by atoms with Crippen LogP contribution >= 0.6 is 11.6 Å². The molecule has 1 aromatic rings. The van der Waals surface area contributed by atoms with Gasteiger partial charge in [0.05, 0.1) is 12.7 Å². The predicted octanol–water partition coefficient (Wildman–Crippen LogP) is 4.06. The Labute approximate surface area is 132 Å². The Morgan fingerprint density at radius 1 is 1.38 bits per heavy atom. The van der Waals surface area contributed by atoms with E-state index in [1.165, 1.54) is 0 Å². The van der Waals surface area contributed by atoms with Crippen LogP contribution in [0.3, 0.4) is 0 Å². The van der Waals surface area contributed by atoms with Gasteiger partial charge in [-0.2, -0.15) is 0 Å². The summed E-state index contributed by atoms with van der Waals surface area (Å²) in [5.74, 6) is 1.06. The minimum Gasteiger partial charge on any atom is -0.496 e. The molecule has 0 unspecified atom stereocenters. The van der Waals surface area contributed by atoms with E-state index in [1.807, 2.05) is 6.92 Å². The summed E-state index contributed by atoms with van der Waals surface area (Å²) >= 11 is 6.32. The van der Waals surface area contributed by atoms with E-state index >= 15 is 0 Å². The third kappa shape index (κ3) is 2.95. The quantitative estimate of drug-likeness (QED) is 0.789. The van der Waals surface area contributed by atoms with E-state index in [0.717, 1.165) is 24.2 Å². The second kappa shape index (κ2) is 5.62. The summed E-state index contributed by atoms with van der Waals surface area (Å²) in [5.41, 5.74) is 2.87. The Hall–Kier alpha value is -1.06. The van der Waals surface area contributed by atoms with E-state index < -0.39 is 0 Å². The van der Waals surface area contributed by atoms with Gasteiger partial charge in [-0.1, -0.05) is 11.6 Å². The smallest absolute Gasteiger partial charge is 0.163 e. The zero-order valence-corrected chi connectivity index (χ0v) is 14.5. The Bertz CT molecular complexity index is 569. The van der Waals surface area contributed by atoms with Crippen molar-refractivity contribution in [2.24, 2.45) is 0 Å². The van der Waals surface area contributed by atoms with Crippen LogP contribution in [0, 0.1) is 6.92 Å². The summed E-state index contributed by atoms with van der Waals surface area (Å²) in [6.07, 6.45) is 0. The van der Waals surface area contributed by atoms with Crippen molar-refractivity contribution in [3.63, 3.8) is 0 Å². The number of nitrogens with zero attached hydrogens (tertiary/aromatic N) is 1. The van der Waals surface area contributed by atoms with Crippen molar-refractivity contribution in [1.82, 2.24) is 4.90 Å². The van der Waals surface area contributed by atoms with E-state index in [9.17, 15) is 4.79 Å². The van der Waals surface area contributed by atoms with Crippen molar-refractivity contribution in [3.8, 4) is 5.75 Å². The summed E-state index contributed by atoms with van der Waals surface area (Å²) in [4.78, 5) is 14.3. The maximum atomic E-state index is 11.8. The van der Waals surface area contributed by atoms with Crippen LogP contribution in [-0.4, -0.2) is 36.4 Å². The fourth-order valence-corrected chi connectivity index (χ4v) is 3.14. The van der Waals surface area contributed by atoms with Crippen molar-refractivity contribution in [3.05, 3.63) is 27.8 Å². The number of carbonyl (C=O) groups is 1. The first-order valence-corrected chi connectivity index (χ1v) is 7.67. The summed E-state index contributed by atoms with van der Waals surface area (Å²) in [6.45, 7) is 12.1. The van der Waals surface area contributed by atoms with Crippen LogP contribution in [0.15, 0.2) is 6.07 Å². The summed E-state index contributed by atoms with van der Waals surface area (Å²) < 4.78 is 5.55. The van der Waals surface area contributed by atoms with Gasteiger partial charge < -0.3 is 4.74 Å². The topological polar surface area (TPSA) is 29.5 Å². The highest BCUT2D eigenvalue weighted by atomic mass is 35.5. The van der Waals surface area contributed by atoms with E-state index in [-0.39, 0.29) is 11.3 Å². The highest BCUT2D eigenvalue weighted by Gasteiger charge is 2.38. The lowest BCUT2D eigenvalue weighted by Crippen LogP contribution is -2.54. The Kier molecular flexibility index (Phi) is 4.36. The molecule has 1 saturated heterocycles. The first-order valence-electron chi connectivity index (χ1n) is 7.29. The Balaban J connectivity index is 2.42. The van der Waals surface area contributed by atoms with Gasteiger partial charge >= 0.3 is 0 Å². The summed E-state index contributed by atoms with van der Waals surface area (Å²) in [7, 11) is 1.62. The van der Waals surface area contributed by atoms with Crippen LogP contribution in [0.1, 0.15) is 55.1 Å². The molecule has 0 atom stereocenters. The first kappa shape index (κ1) is 16.3. The van der Waals surface area contributed by atoms with Crippen LogP contribution in [0.4, 0.5) is 0 Å². The van der Waals surface area contributed by atoms with Gasteiger partial charge in [0.1, 0.15) is 5.75 Å². The average molecular weight is 310 g/mol. The van der Waals surface area contributed by atoms with Crippen LogP contribution in [0.2, 0.25) is 5.02 Å². The SMILES string of the molecule is COc1c(C(C)=O)cc(Cl)c(C)c1C1CN(C(C)(C)C)C1. The van der Waals surface area contributed by atoms with Gasteiger partial charge in [-0.25, -0.2) is 0 Å². The number of rotatable bonds is 3. The van der Waals surface area contributed by atoms with Gasteiger partial charge in [-0.05, 0) is 46.2 Å². The largest absolute Gasteiger partial charge is 0.496 e. The zero-order chi connectivity index (χ0) is 15.9. The minimum atomic E-state index is -0.0120. The van der Waals surface area contributed by atoms with Gasteiger partial charge in [0.25, 0.3) is 0 Å². The van der Waals surface area contributed by atoms with Gasteiger partial charge in [0.15, 0.2) is 5.78 Å². The standard InChI is InChI=1S/C17H24ClNO2/c1-10-14(18)7-13(11(2)20)16(21-6)15(10)12-8-19(9-12)17(3,4)5/h7,12H,8-9H2,1-6H3. The summed E-state index contributed by atoms with van der Waals surface area (Å²) in [6, 6.07) is 1.72. The second-order valence-electron chi connectivity index (χ2n) is 6.81. The molecule has 1 aromatic carbocycles. The Morgan fingerprint density at radius 3 is 2.38 bits per heavy atom. The lowest BCUT2D eigenvalue weighted by atomic mass is 9.83. The van der Waals surface area contributed by atoms with Gasteiger partial charge in [-0.15, -0.1) is 0 Å². The number of ether oxygens (including phenoxy) is 1. The zero-order valence-electron chi connectivity index (χ0n) is 13.7. The molecule has 0 amide bonds. The third-order valence-electron chi connectivity index (χ3n) is 4.34. The van der Waals surface area contributed by atoms with Gasteiger partial charge in [0, 0.05) is 35.1 Å². The van der Waals surface area contributed by atoms with E-state index in [1.54, 1.807) is 20.1 Å². The number of Topliss-reactive ketones (excluding diaryl/α,β-unsaturated/α-hetero) is 1. The van der Waals surface area contributed by atoms with Crippen LogP contribution < -0.4 is 4.74 Å². The average Bonchev–Trinajstić information content (AvgIpc) is 2.30. The van der Waals surface area contributed by atoms with Crippen molar-refractivity contribution in [2.75, 3.05) is 20.2 Å². The number of ketones is 1. The van der Waals surface area contributed by atoms with Gasteiger partial charge in [-0.3, -0.25) is 9.69 Å². The van der Waals surface area contributed by atoms with Crippen LogP contribution in [-0.2, 0) is 0 Å². The van der Waals surface area contributed by atoms with Crippen molar-refractivity contribution in [1.29, 1.82) is 0 Å². The fraction of sp³-hybridized carbons (Fsp3) is 0.588. The number of carbonyl (C=O) groups excluding carboxylic acids is 1. The molecule has 2 rings (SSSR count). The first-order chi connectivity index (χ1) is 9.66. The number of methoxy groups -OCH3 is 1. The maximum Gasteiger partial charge on any atom is 0.163 e. The molecule has 0 aromatic heterocycles. The van der Waals surface area contributed by atoms with E-state index in [2.05, 4.69) is 25.7 Å². The number of hydrogen-bond acceptors (Lipinski definition) is 3. The maximum absolute atomic E-state index is 11.8. The van der Waals surface area contributed by atoms with Crippen molar-refractivity contribution in [2.45, 2.75) is 46.1 Å². The molecule has 3 nitrogen and oxygen atoms in total. The van der Waals surface area contributed by atoms with Crippen molar-refractivity contribution >= 4 is 17.4 Å². The third-order valence-corrected chi connectivity index (χ3v) is 4.74. The molecule has 1 aliphatic heterocycles. The molecule has 4 heteroatoms. The second-order valence-corrected chi connectivity index (χ2v) is 7.21. The molecule has 116 valence electrons. The minimum absolute atomic E-state index is 0.0120. The molecule has 1 aliphatic rings. The molecule has 1 fully saturated rings. The highest BCUT2D eigenvalue weighted by molar-refractivity contribution is 6.32. The number of likely N-dealkylation sites (tertiary alicyclic amines) is 1. The number of benzene rings is 1. The fourth-order valence-electron chi connectivity index (χ4n) is 2.93. The molecule has 0 saturated carbocycles.